The molecule has 19 heavy (non-hydrogen) atoms. The zero-order valence-electron chi connectivity index (χ0n) is 10.2. The molecule has 0 radical (unpaired) electrons. The SMILES string of the molecule is Cl.FC(F)(F)c1ncccc1OC[C@H]1CCCNC1. The number of alkyl halides is 3. The molecule has 0 aromatic carbocycles. The van der Waals surface area contributed by atoms with E-state index in [1.165, 1.54) is 12.1 Å². The number of aromatic nitrogens is 1. The van der Waals surface area contributed by atoms with Crippen molar-refractivity contribution in [3.8, 4) is 5.75 Å². The van der Waals surface area contributed by atoms with Crippen LogP contribution in [0.2, 0.25) is 0 Å². The van der Waals surface area contributed by atoms with E-state index < -0.39 is 11.9 Å². The number of halogens is 4. The highest BCUT2D eigenvalue weighted by Crippen LogP contribution is 2.34. The Bertz CT molecular complexity index is 395. The van der Waals surface area contributed by atoms with Crippen LogP contribution in [-0.2, 0) is 6.18 Å². The van der Waals surface area contributed by atoms with Crippen molar-refractivity contribution in [3.63, 3.8) is 0 Å². The normalized spacial score (nSPS) is 19.6. The van der Waals surface area contributed by atoms with Crippen LogP contribution in [0.15, 0.2) is 18.3 Å². The average molecular weight is 297 g/mol. The largest absolute Gasteiger partial charge is 0.491 e. The van der Waals surface area contributed by atoms with Crippen molar-refractivity contribution in [1.82, 2.24) is 10.3 Å². The van der Waals surface area contributed by atoms with Crippen molar-refractivity contribution in [2.24, 2.45) is 5.92 Å². The minimum absolute atomic E-state index is 0. The van der Waals surface area contributed by atoms with E-state index in [1.54, 1.807) is 0 Å². The third-order valence-corrected chi connectivity index (χ3v) is 2.91. The van der Waals surface area contributed by atoms with Crippen LogP contribution in [0.5, 0.6) is 5.75 Å². The zero-order chi connectivity index (χ0) is 13.0. The molecule has 1 aromatic rings. The monoisotopic (exact) mass is 296 g/mol. The predicted octanol–water partition coefficient (Wildman–Crippen LogP) is 2.90. The number of rotatable bonds is 3. The molecule has 7 heteroatoms. The Hall–Kier alpha value is -1.01. The molecular formula is C12H16ClF3N2O. The van der Waals surface area contributed by atoms with Crippen LogP contribution in [-0.4, -0.2) is 24.7 Å². The third-order valence-electron chi connectivity index (χ3n) is 2.91. The second-order valence-electron chi connectivity index (χ2n) is 4.37. The van der Waals surface area contributed by atoms with E-state index in [-0.39, 0.29) is 24.1 Å². The van der Waals surface area contributed by atoms with Gasteiger partial charge >= 0.3 is 6.18 Å². The molecule has 0 spiro atoms. The number of piperidine rings is 1. The fourth-order valence-corrected chi connectivity index (χ4v) is 1.99. The molecule has 0 aliphatic carbocycles. The van der Waals surface area contributed by atoms with Gasteiger partial charge in [0.05, 0.1) is 6.61 Å². The molecule has 1 fully saturated rings. The summed E-state index contributed by atoms with van der Waals surface area (Å²) in [6, 6.07) is 2.76. The van der Waals surface area contributed by atoms with E-state index in [0.29, 0.717) is 6.61 Å². The molecule has 1 saturated heterocycles. The maximum absolute atomic E-state index is 12.7. The van der Waals surface area contributed by atoms with Crippen molar-refractivity contribution >= 4 is 12.4 Å². The van der Waals surface area contributed by atoms with Gasteiger partial charge in [0.2, 0.25) is 0 Å². The highest BCUT2D eigenvalue weighted by atomic mass is 35.5. The Morgan fingerprint density at radius 2 is 2.21 bits per heavy atom. The van der Waals surface area contributed by atoms with Gasteiger partial charge in [-0.05, 0) is 31.5 Å². The molecule has 3 nitrogen and oxygen atoms in total. The summed E-state index contributed by atoms with van der Waals surface area (Å²) in [5.74, 6) is 0.0793. The molecule has 0 unspecified atom stereocenters. The Kier molecular flexibility index (Phi) is 5.87. The fraction of sp³-hybridized carbons (Fsp3) is 0.583. The summed E-state index contributed by atoms with van der Waals surface area (Å²) < 4.78 is 43.3. The maximum atomic E-state index is 12.7. The highest BCUT2D eigenvalue weighted by molar-refractivity contribution is 5.85. The Morgan fingerprint density at radius 1 is 1.42 bits per heavy atom. The van der Waals surface area contributed by atoms with Gasteiger partial charge in [0.25, 0.3) is 0 Å². The molecule has 2 heterocycles. The zero-order valence-corrected chi connectivity index (χ0v) is 11.1. The summed E-state index contributed by atoms with van der Waals surface area (Å²) in [7, 11) is 0. The highest BCUT2D eigenvalue weighted by Gasteiger charge is 2.36. The first-order chi connectivity index (χ1) is 8.57. The van der Waals surface area contributed by atoms with Crippen molar-refractivity contribution in [2.75, 3.05) is 19.7 Å². The molecule has 0 bridgehead atoms. The number of pyridine rings is 1. The van der Waals surface area contributed by atoms with Crippen LogP contribution in [0.1, 0.15) is 18.5 Å². The van der Waals surface area contributed by atoms with E-state index in [9.17, 15) is 13.2 Å². The van der Waals surface area contributed by atoms with Crippen molar-refractivity contribution in [3.05, 3.63) is 24.0 Å². The molecule has 0 saturated carbocycles. The first-order valence-electron chi connectivity index (χ1n) is 5.93. The third kappa shape index (κ3) is 4.54. The maximum Gasteiger partial charge on any atom is 0.437 e. The number of ether oxygens (including phenoxy) is 1. The number of hydrogen-bond acceptors (Lipinski definition) is 3. The minimum Gasteiger partial charge on any atom is -0.491 e. The fourth-order valence-electron chi connectivity index (χ4n) is 1.99. The van der Waals surface area contributed by atoms with E-state index in [2.05, 4.69) is 10.3 Å². The smallest absolute Gasteiger partial charge is 0.437 e. The van der Waals surface area contributed by atoms with Crippen molar-refractivity contribution < 1.29 is 17.9 Å². The summed E-state index contributed by atoms with van der Waals surface area (Å²) in [4.78, 5) is 3.35. The lowest BCUT2D eigenvalue weighted by atomic mass is 10.0. The van der Waals surface area contributed by atoms with Crippen LogP contribution in [0, 0.1) is 5.92 Å². The Balaban J connectivity index is 0.00000180. The number of hydrogen-bond donors (Lipinski definition) is 1. The van der Waals surface area contributed by atoms with Gasteiger partial charge < -0.3 is 10.1 Å². The molecule has 0 amide bonds. The van der Waals surface area contributed by atoms with E-state index in [4.69, 9.17) is 4.74 Å². The van der Waals surface area contributed by atoms with Gasteiger partial charge in [0.15, 0.2) is 5.69 Å². The summed E-state index contributed by atoms with van der Waals surface area (Å²) >= 11 is 0. The summed E-state index contributed by atoms with van der Waals surface area (Å²) in [6.07, 6.45) is -1.33. The van der Waals surface area contributed by atoms with E-state index in [1.807, 2.05) is 0 Å². The minimum atomic E-state index is -4.47. The Labute approximate surface area is 116 Å². The molecule has 1 aromatic heterocycles. The topological polar surface area (TPSA) is 34.1 Å². The second kappa shape index (κ2) is 6.96. The summed E-state index contributed by atoms with van der Waals surface area (Å²) in [5.41, 5.74) is -0.950. The van der Waals surface area contributed by atoms with Gasteiger partial charge in [-0.3, -0.25) is 0 Å². The molecule has 1 N–H and O–H groups in total. The van der Waals surface area contributed by atoms with Crippen LogP contribution in [0.25, 0.3) is 0 Å². The van der Waals surface area contributed by atoms with Crippen molar-refractivity contribution in [1.29, 1.82) is 0 Å². The lowest BCUT2D eigenvalue weighted by Crippen LogP contribution is -2.33. The lowest BCUT2D eigenvalue weighted by molar-refractivity contribution is -0.142. The van der Waals surface area contributed by atoms with Crippen LogP contribution in [0.4, 0.5) is 13.2 Å². The van der Waals surface area contributed by atoms with Crippen LogP contribution < -0.4 is 10.1 Å². The standard InChI is InChI=1S/C12H15F3N2O.ClH/c13-12(14,15)11-10(4-2-6-17-11)18-8-9-3-1-5-16-7-9;/h2,4,6,9,16H,1,3,5,7-8H2;1H/t9-;/m0./s1. The molecular weight excluding hydrogens is 281 g/mol. The van der Waals surface area contributed by atoms with Gasteiger partial charge in [-0.15, -0.1) is 12.4 Å². The second-order valence-corrected chi connectivity index (χ2v) is 4.37. The van der Waals surface area contributed by atoms with Gasteiger partial charge in [-0.25, -0.2) is 4.98 Å². The quantitative estimate of drug-likeness (QED) is 0.931. The molecule has 1 aliphatic rings. The van der Waals surface area contributed by atoms with Gasteiger partial charge in [-0.1, -0.05) is 0 Å². The first kappa shape index (κ1) is 16.0. The molecule has 1 atom stereocenters. The predicted molar refractivity (Wildman–Crippen MR) is 67.6 cm³/mol. The van der Waals surface area contributed by atoms with Crippen LogP contribution in [0.3, 0.4) is 0 Å². The van der Waals surface area contributed by atoms with Crippen molar-refractivity contribution in [2.45, 2.75) is 19.0 Å². The summed E-state index contributed by atoms with van der Waals surface area (Å²) in [5, 5.41) is 3.20. The summed E-state index contributed by atoms with van der Waals surface area (Å²) in [6.45, 7) is 2.06. The molecule has 108 valence electrons. The van der Waals surface area contributed by atoms with Crippen LogP contribution >= 0.6 is 12.4 Å². The molecule has 2 rings (SSSR count). The van der Waals surface area contributed by atoms with E-state index in [0.717, 1.165) is 32.1 Å². The van der Waals surface area contributed by atoms with Gasteiger partial charge in [0, 0.05) is 18.7 Å². The number of nitrogens with zero attached hydrogens (tertiary/aromatic N) is 1. The average Bonchev–Trinajstić information content (AvgIpc) is 2.37. The van der Waals surface area contributed by atoms with Gasteiger partial charge in [0.1, 0.15) is 5.75 Å². The number of nitrogens with one attached hydrogen (secondary N) is 1. The van der Waals surface area contributed by atoms with E-state index >= 15 is 0 Å². The lowest BCUT2D eigenvalue weighted by Gasteiger charge is -2.23. The van der Waals surface area contributed by atoms with Gasteiger partial charge in [-0.2, -0.15) is 13.2 Å². The Morgan fingerprint density at radius 3 is 2.84 bits per heavy atom. The first-order valence-corrected chi connectivity index (χ1v) is 5.93. The molecule has 1 aliphatic heterocycles.